The summed E-state index contributed by atoms with van der Waals surface area (Å²) < 4.78 is 1.02. The molecule has 0 atom stereocenters. The summed E-state index contributed by atoms with van der Waals surface area (Å²) in [5.74, 6) is -0.0599. The van der Waals surface area contributed by atoms with Crippen LogP contribution in [0, 0.1) is 13.8 Å². The van der Waals surface area contributed by atoms with E-state index < -0.39 is 0 Å². The van der Waals surface area contributed by atoms with Gasteiger partial charge in [0.15, 0.2) is 5.13 Å². The van der Waals surface area contributed by atoms with Crippen molar-refractivity contribution in [2.24, 2.45) is 0 Å². The van der Waals surface area contributed by atoms with Crippen molar-refractivity contribution in [1.29, 1.82) is 0 Å². The highest BCUT2D eigenvalue weighted by molar-refractivity contribution is 7.22. The van der Waals surface area contributed by atoms with E-state index in [-0.39, 0.29) is 5.91 Å². The monoisotopic (exact) mass is 406 g/mol. The van der Waals surface area contributed by atoms with E-state index in [2.05, 4.69) is 0 Å². The Bertz CT molecular complexity index is 1150. The molecule has 0 bridgehead atoms. The average molecular weight is 407 g/mol. The molecule has 1 heterocycles. The molecule has 0 saturated heterocycles. The van der Waals surface area contributed by atoms with Gasteiger partial charge >= 0.3 is 0 Å². The van der Waals surface area contributed by atoms with Crippen LogP contribution in [0.3, 0.4) is 0 Å². The molecule has 4 aromatic rings. The van der Waals surface area contributed by atoms with Crippen molar-refractivity contribution in [3.63, 3.8) is 0 Å². The number of halogens is 1. The third kappa shape index (κ3) is 3.66. The van der Waals surface area contributed by atoms with Gasteiger partial charge in [0.25, 0.3) is 5.91 Å². The Hall–Kier alpha value is -2.69. The average Bonchev–Trinajstić information content (AvgIpc) is 3.14. The molecule has 0 unspecified atom stereocenters. The lowest BCUT2D eigenvalue weighted by atomic mass is 10.1. The zero-order valence-corrected chi connectivity index (χ0v) is 17.2. The van der Waals surface area contributed by atoms with Gasteiger partial charge in [0.05, 0.1) is 16.8 Å². The smallest absolute Gasteiger partial charge is 0.260 e. The van der Waals surface area contributed by atoms with Gasteiger partial charge in [-0.15, -0.1) is 0 Å². The summed E-state index contributed by atoms with van der Waals surface area (Å²) in [7, 11) is 0. The van der Waals surface area contributed by atoms with Gasteiger partial charge in [-0.3, -0.25) is 9.69 Å². The first-order chi connectivity index (χ1) is 13.5. The third-order valence-electron chi connectivity index (χ3n) is 4.66. The van der Waals surface area contributed by atoms with Crippen molar-refractivity contribution < 1.29 is 4.79 Å². The first kappa shape index (κ1) is 18.7. The number of anilines is 1. The largest absolute Gasteiger partial charge is 0.279 e. The molecule has 28 heavy (non-hydrogen) atoms. The molecule has 0 spiro atoms. The molecule has 0 aliphatic carbocycles. The van der Waals surface area contributed by atoms with Gasteiger partial charge in [-0.25, -0.2) is 4.98 Å². The van der Waals surface area contributed by atoms with Crippen LogP contribution in [0.5, 0.6) is 0 Å². The van der Waals surface area contributed by atoms with Crippen LogP contribution >= 0.6 is 22.9 Å². The van der Waals surface area contributed by atoms with Crippen LogP contribution in [0.2, 0.25) is 5.02 Å². The fourth-order valence-corrected chi connectivity index (χ4v) is 4.31. The predicted octanol–water partition coefficient (Wildman–Crippen LogP) is 6.41. The van der Waals surface area contributed by atoms with Crippen molar-refractivity contribution in [3.8, 4) is 0 Å². The highest BCUT2D eigenvalue weighted by Gasteiger charge is 2.22. The van der Waals surface area contributed by atoms with E-state index in [9.17, 15) is 4.79 Å². The number of hydrogen-bond donors (Lipinski definition) is 0. The summed E-state index contributed by atoms with van der Waals surface area (Å²) in [5, 5.41) is 1.36. The van der Waals surface area contributed by atoms with Gasteiger partial charge in [0, 0.05) is 10.6 Å². The number of amides is 1. The van der Waals surface area contributed by atoms with E-state index in [0.717, 1.165) is 26.9 Å². The SMILES string of the molecule is Cc1cccc(C(=O)N(Cc2ccccc2)c2nc3c(C)c(Cl)ccc3s2)c1. The van der Waals surface area contributed by atoms with Crippen LogP contribution in [0.25, 0.3) is 10.2 Å². The van der Waals surface area contributed by atoms with Gasteiger partial charge in [-0.1, -0.05) is 71.0 Å². The fourth-order valence-electron chi connectivity index (χ4n) is 3.13. The molecule has 0 aliphatic heterocycles. The molecule has 1 aromatic heterocycles. The summed E-state index contributed by atoms with van der Waals surface area (Å²) in [6.45, 7) is 4.40. The molecule has 0 radical (unpaired) electrons. The number of carbonyl (C=O) groups is 1. The Morgan fingerprint density at radius 3 is 2.57 bits per heavy atom. The second kappa shape index (κ2) is 7.74. The Kier molecular flexibility index (Phi) is 5.16. The molecule has 0 fully saturated rings. The number of thiazole rings is 1. The van der Waals surface area contributed by atoms with E-state index in [1.165, 1.54) is 11.3 Å². The summed E-state index contributed by atoms with van der Waals surface area (Å²) in [4.78, 5) is 19.9. The van der Waals surface area contributed by atoms with Crippen LogP contribution in [-0.2, 0) is 6.54 Å². The van der Waals surface area contributed by atoms with Crippen molar-refractivity contribution in [1.82, 2.24) is 4.98 Å². The molecule has 0 N–H and O–H groups in total. The summed E-state index contributed by atoms with van der Waals surface area (Å²) in [5.41, 5.74) is 4.55. The molecule has 4 rings (SSSR count). The van der Waals surface area contributed by atoms with Gasteiger partial charge in [-0.2, -0.15) is 0 Å². The van der Waals surface area contributed by atoms with Gasteiger partial charge in [0.2, 0.25) is 0 Å². The first-order valence-electron chi connectivity index (χ1n) is 9.01. The van der Waals surface area contributed by atoms with E-state index in [4.69, 9.17) is 16.6 Å². The zero-order chi connectivity index (χ0) is 19.7. The number of hydrogen-bond acceptors (Lipinski definition) is 3. The van der Waals surface area contributed by atoms with Crippen LogP contribution in [0.4, 0.5) is 5.13 Å². The van der Waals surface area contributed by atoms with Crippen molar-refractivity contribution in [3.05, 3.63) is 94.0 Å². The highest BCUT2D eigenvalue weighted by Crippen LogP contribution is 2.34. The standard InChI is InChI=1S/C23H19ClN2OS/c1-15-7-6-10-18(13-15)22(27)26(14-17-8-4-3-5-9-17)23-25-21-16(2)19(24)11-12-20(21)28-23/h3-13H,14H2,1-2H3. The maximum absolute atomic E-state index is 13.4. The molecule has 3 aromatic carbocycles. The third-order valence-corrected chi connectivity index (χ3v) is 6.11. The second-order valence-electron chi connectivity index (χ2n) is 6.76. The minimum Gasteiger partial charge on any atom is -0.279 e. The lowest BCUT2D eigenvalue weighted by molar-refractivity contribution is 0.0985. The maximum Gasteiger partial charge on any atom is 0.260 e. The molecule has 1 amide bonds. The number of fused-ring (bicyclic) bond motifs is 1. The van der Waals surface area contributed by atoms with E-state index >= 15 is 0 Å². The van der Waals surface area contributed by atoms with Crippen LogP contribution in [0.15, 0.2) is 66.7 Å². The molecule has 140 valence electrons. The van der Waals surface area contributed by atoms with Gasteiger partial charge < -0.3 is 0 Å². The topological polar surface area (TPSA) is 33.2 Å². The normalized spacial score (nSPS) is 11.0. The number of aromatic nitrogens is 1. The fraction of sp³-hybridized carbons (Fsp3) is 0.130. The number of aryl methyl sites for hydroxylation is 2. The lowest BCUT2D eigenvalue weighted by Crippen LogP contribution is -2.30. The van der Waals surface area contributed by atoms with E-state index in [1.807, 2.05) is 80.6 Å². The first-order valence-corrected chi connectivity index (χ1v) is 10.2. The summed E-state index contributed by atoms with van der Waals surface area (Å²) in [6, 6.07) is 21.5. The quantitative estimate of drug-likeness (QED) is 0.392. The van der Waals surface area contributed by atoms with Crippen molar-refractivity contribution in [2.45, 2.75) is 20.4 Å². The number of benzene rings is 3. The Balaban J connectivity index is 1.80. The van der Waals surface area contributed by atoms with Crippen LogP contribution in [0.1, 0.15) is 27.0 Å². The molecule has 3 nitrogen and oxygen atoms in total. The molecular weight excluding hydrogens is 388 g/mol. The number of carbonyl (C=O) groups excluding carboxylic acids is 1. The summed E-state index contributed by atoms with van der Waals surface area (Å²) >= 11 is 7.78. The Morgan fingerprint density at radius 1 is 1.04 bits per heavy atom. The van der Waals surface area contributed by atoms with Crippen molar-refractivity contribution in [2.75, 3.05) is 4.90 Å². The van der Waals surface area contributed by atoms with Crippen LogP contribution < -0.4 is 4.90 Å². The lowest BCUT2D eigenvalue weighted by Gasteiger charge is -2.20. The highest BCUT2D eigenvalue weighted by atomic mass is 35.5. The zero-order valence-electron chi connectivity index (χ0n) is 15.6. The van der Waals surface area contributed by atoms with E-state index in [1.54, 1.807) is 4.90 Å². The second-order valence-corrected chi connectivity index (χ2v) is 8.18. The molecule has 0 aliphatic rings. The van der Waals surface area contributed by atoms with Gasteiger partial charge in [-0.05, 0) is 49.2 Å². The maximum atomic E-state index is 13.4. The van der Waals surface area contributed by atoms with E-state index in [0.29, 0.717) is 22.3 Å². The predicted molar refractivity (Wildman–Crippen MR) is 118 cm³/mol. The minimum atomic E-state index is -0.0599. The van der Waals surface area contributed by atoms with Crippen LogP contribution in [-0.4, -0.2) is 10.9 Å². The van der Waals surface area contributed by atoms with Gasteiger partial charge in [0.1, 0.15) is 0 Å². The minimum absolute atomic E-state index is 0.0599. The Labute approximate surface area is 173 Å². The molecule has 0 saturated carbocycles. The number of nitrogens with zero attached hydrogens (tertiary/aromatic N) is 2. The molecular formula is C23H19ClN2OS. The van der Waals surface area contributed by atoms with Crippen molar-refractivity contribution >= 4 is 44.2 Å². The molecule has 5 heteroatoms. The number of rotatable bonds is 4. The summed E-state index contributed by atoms with van der Waals surface area (Å²) in [6.07, 6.45) is 0. The Morgan fingerprint density at radius 2 is 1.82 bits per heavy atom.